The lowest BCUT2D eigenvalue weighted by Gasteiger charge is -1.82. The third-order valence-electron chi connectivity index (χ3n) is 1.49. The SMILES string of the molecule is C.CC.CC.[3H]C(C)C.[3H]Oc1ccccc1.[3H]Oc1ccccc1.[3H][3H]. The van der Waals surface area contributed by atoms with Crippen LogP contribution in [-0.2, 0) is 0 Å². The third-order valence-corrected chi connectivity index (χ3v) is 1.49. The fourth-order valence-electron chi connectivity index (χ4n) is 0.841. The highest BCUT2D eigenvalue weighted by molar-refractivity contribution is 5.19. The van der Waals surface area contributed by atoms with Crippen LogP contribution < -0.4 is 0 Å². The molecule has 2 nitrogen and oxygen atoms in total. The van der Waals surface area contributed by atoms with Gasteiger partial charge in [-0.2, -0.15) is 0 Å². The first-order valence-corrected chi connectivity index (χ1v) is 7.38. The van der Waals surface area contributed by atoms with E-state index in [4.69, 9.17) is 7.20 Å². The molecule has 0 saturated carbocycles. The van der Waals surface area contributed by atoms with Gasteiger partial charge in [-0.15, -0.1) is 0 Å². The third kappa shape index (κ3) is 26.6. The Morgan fingerprint density at radius 3 is 1.18 bits per heavy atom. The number of hydrogen-bond donors (Lipinski definition) is 2. The molecule has 2 aromatic carbocycles. The van der Waals surface area contributed by atoms with Gasteiger partial charge in [-0.3, -0.25) is 0 Å². The summed E-state index contributed by atoms with van der Waals surface area (Å²) in [6.45, 7) is 11.7. The van der Waals surface area contributed by atoms with Crippen LogP contribution in [0.5, 0.6) is 11.5 Å². The molecular weight excluding hydrogens is 272 g/mol. The summed E-state index contributed by atoms with van der Waals surface area (Å²) < 4.78 is 29.5. The Morgan fingerprint density at radius 2 is 1.05 bits per heavy atom. The average molecular weight is 321 g/mol. The maximum atomic E-state index is 6.58. The van der Waals surface area contributed by atoms with Gasteiger partial charge in [-0.1, -0.05) is 91.8 Å². The second kappa shape index (κ2) is 27.4. The van der Waals surface area contributed by atoms with Crippen molar-refractivity contribution < 1.29 is 14.6 Å². The molecule has 2 rings (SSSR count). The van der Waals surface area contributed by atoms with Crippen molar-refractivity contribution in [2.45, 2.75) is 55.4 Å². The number of aromatic hydroxyl groups is 2. The number of phenols is 2. The molecule has 0 amide bonds. The molecule has 0 aromatic heterocycles. The van der Waals surface area contributed by atoms with Crippen molar-refractivity contribution in [3.63, 3.8) is 0 Å². The molecule has 2 N–H and O–H groups in total. The Morgan fingerprint density at radius 1 is 0.818 bits per heavy atom. The minimum absolute atomic E-state index is 0. The Bertz CT molecular complexity index is 387. The van der Waals surface area contributed by atoms with Gasteiger partial charge in [0.25, 0.3) is 2.86 Å². The summed E-state index contributed by atoms with van der Waals surface area (Å²) in [4.78, 5) is 0. The van der Waals surface area contributed by atoms with Gasteiger partial charge in [0.1, 0.15) is 11.5 Å². The largest absolute Gasteiger partial charge is 0.508 e. The zero-order valence-corrected chi connectivity index (χ0v) is 14.2. The average Bonchev–Trinajstić information content (AvgIpc) is 2.74. The van der Waals surface area contributed by atoms with Crippen LogP contribution in [-0.4, -0.2) is 13.1 Å². The van der Waals surface area contributed by atoms with Gasteiger partial charge >= 0.3 is 0 Å². The first-order chi connectivity index (χ1) is 12.6. The lowest BCUT2D eigenvalue weighted by molar-refractivity contribution is 0.475. The van der Waals surface area contributed by atoms with Crippen molar-refractivity contribution >= 4 is 0 Å². The first kappa shape index (κ1) is 18.1. The van der Waals surface area contributed by atoms with Gasteiger partial charge in [-0.25, -0.2) is 0 Å². The Labute approximate surface area is 145 Å². The van der Waals surface area contributed by atoms with Crippen LogP contribution in [0, 0.1) is 0 Å². The summed E-state index contributed by atoms with van der Waals surface area (Å²) in [5, 5.41) is 8.33. The minimum Gasteiger partial charge on any atom is -0.508 e. The molecule has 0 radical (unpaired) electrons. The topological polar surface area (TPSA) is 40.5 Å². The van der Waals surface area contributed by atoms with E-state index in [-0.39, 0.29) is 13.8 Å². The van der Waals surface area contributed by atoms with E-state index >= 15 is 0 Å². The molecule has 2 heteroatoms. The maximum absolute atomic E-state index is 6.58. The predicted octanol–water partition coefficient (Wildman–Crippen LogP) is 7.14. The molecule has 0 unspecified atom stereocenters. The van der Waals surface area contributed by atoms with Crippen LogP contribution in [0.2, 0.25) is 0 Å². The van der Waals surface area contributed by atoms with Crippen LogP contribution in [0.25, 0.3) is 0 Å². The Hall–Kier alpha value is -1.96. The second-order valence-electron chi connectivity index (χ2n) is 3.20. The van der Waals surface area contributed by atoms with Crippen molar-refractivity contribution in [2.24, 2.45) is 0 Å². The summed E-state index contributed by atoms with van der Waals surface area (Å²) in [5.74, 6) is 1.15. The van der Waals surface area contributed by atoms with Gasteiger partial charge in [-0.05, 0) is 24.3 Å². The molecule has 0 atom stereocenters. The molecule has 0 aliphatic carbocycles. The van der Waals surface area contributed by atoms with Crippen LogP contribution in [0.4, 0.5) is 0 Å². The van der Waals surface area contributed by atoms with Gasteiger partial charge in [0.05, 0.1) is 0 Å². The minimum atomic E-state index is 0. The van der Waals surface area contributed by atoms with Gasteiger partial charge < -0.3 is 10.2 Å². The highest BCUT2D eigenvalue weighted by Crippen LogP contribution is 2.03. The quantitative estimate of drug-likeness (QED) is 0.617. The molecule has 0 heterocycles. The lowest BCUT2D eigenvalue weighted by atomic mass is 10.3. The zero-order valence-electron chi connectivity index (χ0n) is 19.2. The van der Waals surface area contributed by atoms with E-state index in [0.29, 0.717) is 11.5 Å². The van der Waals surface area contributed by atoms with E-state index in [0.717, 1.165) is 0 Å². The van der Waals surface area contributed by atoms with Crippen molar-refractivity contribution in [3.05, 3.63) is 60.7 Å². The normalized spacial score (nSPS) is 8.95. The number of para-hydroxylation sites is 2. The first-order valence-electron chi connectivity index (χ1n) is 9.78. The van der Waals surface area contributed by atoms with Crippen molar-refractivity contribution in [3.8, 4) is 11.5 Å². The van der Waals surface area contributed by atoms with Crippen LogP contribution in [0.1, 0.15) is 59.7 Å². The van der Waals surface area contributed by atoms with E-state index < -0.39 is 0 Å². The van der Waals surface area contributed by atoms with Gasteiger partial charge in [0.15, 0.2) is 0 Å². The summed E-state index contributed by atoms with van der Waals surface area (Å²) in [6.07, 6.45) is 0.0833. The van der Waals surface area contributed by atoms with Crippen molar-refractivity contribution in [2.75, 3.05) is 0 Å². The fourth-order valence-corrected chi connectivity index (χ4v) is 0.841. The lowest BCUT2D eigenvalue weighted by Crippen LogP contribution is -1.56. The molecule has 130 valence electrons. The van der Waals surface area contributed by atoms with E-state index in [1.54, 1.807) is 24.3 Å². The standard InChI is InChI=1S/2C6H6O.C3H8.2C2H6.CH4.H2/c2*7-6-4-2-1-3-5-6;1-3-2;2*1-2;;/h2*1-5,7H;3H2,1-2H3;2*1-2H3;1H4;1H/i;;3T;;;;1+2T/hT2. The highest BCUT2D eigenvalue weighted by atomic mass is 16.3. The number of phenolic OH excluding ortho intramolecular Hbond substituents is 2. The molecule has 22 heavy (non-hydrogen) atoms. The molecule has 0 fully saturated rings. The molecule has 0 saturated heterocycles. The van der Waals surface area contributed by atoms with Crippen LogP contribution in [0.3, 0.4) is 0 Å². The highest BCUT2D eigenvalue weighted by Gasteiger charge is 1.75. The van der Waals surface area contributed by atoms with E-state index in [9.17, 15) is 0 Å². The van der Waals surface area contributed by atoms with E-state index in [1.807, 2.05) is 77.9 Å². The van der Waals surface area contributed by atoms with Crippen LogP contribution in [0.15, 0.2) is 60.7 Å². The summed E-state index contributed by atoms with van der Waals surface area (Å²) in [5.41, 5.74) is 0. The number of hydrogen-bond acceptors (Lipinski definition) is 2. The Kier molecular flexibility index (Phi) is 22.5. The molecule has 0 spiro atoms. The van der Waals surface area contributed by atoms with Crippen molar-refractivity contribution in [1.82, 2.24) is 0 Å². The molecule has 0 bridgehead atoms. The maximum Gasteiger partial charge on any atom is 0.293 e. The zero-order chi connectivity index (χ0) is 21.2. The molecule has 0 aliphatic heterocycles. The fraction of sp³-hybridized carbons (Fsp3) is 0.400. The summed E-state index contributed by atoms with van der Waals surface area (Å²) in [6, 6.07) is 18.0. The van der Waals surface area contributed by atoms with E-state index in [2.05, 4.69) is 10.2 Å². The summed E-state index contributed by atoms with van der Waals surface area (Å²) >= 11 is 0. The smallest absolute Gasteiger partial charge is 0.293 e. The molecule has 2 aromatic rings. The van der Waals surface area contributed by atoms with E-state index in [1.165, 1.54) is 0 Å². The monoisotopic (exact) mass is 320 g/mol. The molecular formula is C20H38O2. The van der Waals surface area contributed by atoms with Gasteiger partial charge in [0, 0.05) is 4.34 Å². The summed E-state index contributed by atoms with van der Waals surface area (Å²) in [7, 11) is 0. The second-order valence-corrected chi connectivity index (χ2v) is 3.20. The number of rotatable bonds is 2. The van der Waals surface area contributed by atoms with Gasteiger partial charge in [0.2, 0.25) is 0 Å². The van der Waals surface area contributed by atoms with Crippen LogP contribution >= 0.6 is 0 Å². The van der Waals surface area contributed by atoms with Crippen molar-refractivity contribution in [1.29, 1.82) is 2.86 Å². The molecule has 0 aliphatic rings. The Balaban J connectivity index is -0.0000000801. The number of benzene rings is 2. The predicted molar refractivity (Wildman–Crippen MR) is 104 cm³/mol.